The molecule has 0 aliphatic rings. The molecule has 112 valence electrons. The van der Waals surface area contributed by atoms with E-state index in [4.69, 9.17) is 0 Å². The van der Waals surface area contributed by atoms with Crippen molar-refractivity contribution in [3.63, 3.8) is 0 Å². The number of rotatable bonds is 7. The first kappa shape index (κ1) is 16.7. The molecule has 2 N–H and O–H groups in total. The third-order valence-electron chi connectivity index (χ3n) is 3.82. The molecule has 0 spiro atoms. The molecule has 0 radical (unpaired) electrons. The molecule has 0 saturated heterocycles. The van der Waals surface area contributed by atoms with E-state index in [1.165, 1.54) is 0 Å². The molecule has 0 bridgehead atoms. The number of carbonyl (C=O) groups excluding carboxylic acids is 1. The van der Waals surface area contributed by atoms with Crippen LogP contribution in [0.5, 0.6) is 0 Å². The molecule has 20 heavy (non-hydrogen) atoms. The third-order valence-corrected chi connectivity index (χ3v) is 3.82. The largest absolute Gasteiger partial charge is 0.396 e. The van der Waals surface area contributed by atoms with Crippen LogP contribution in [0.1, 0.15) is 45.6 Å². The zero-order chi connectivity index (χ0) is 15.2. The lowest BCUT2D eigenvalue weighted by molar-refractivity contribution is -0.124. The second-order valence-corrected chi connectivity index (χ2v) is 6.31. The number of benzene rings is 1. The van der Waals surface area contributed by atoms with Gasteiger partial charge >= 0.3 is 0 Å². The fourth-order valence-electron chi connectivity index (χ4n) is 2.13. The van der Waals surface area contributed by atoms with Crippen molar-refractivity contribution in [2.45, 2.75) is 40.0 Å². The number of carbonyl (C=O) groups is 1. The first-order chi connectivity index (χ1) is 9.41. The maximum absolute atomic E-state index is 12.5. The molecule has 3 heteroatoms. The van der Waals surface area contributed by atoms with Gasteiger partial charge in [-0.3, -0.25) is 4.79 Å². The Kier molecular flexibility index (Phi) is 6.21. The second kappa shape index (κ2) is 7.44. The Morgan fingerprint density at radius 2 is 1.90 bits per heavy atom. The summed E-state index contributed by atoms with van der Waals surface area (Å²) in [5, 5.41) is 12.3. The normalized spacial score (nSPS) is 14.7. The summed E-state index contributed by atoms with van der Waals surface area (Å²) in [4.78, 5) is 12.5. The molecule has 0 aliphatic carbocycles. The highest BCUT2D eigenvalue weighted by atomic mass is 16.3. The monoisotopic (exact) mass is 277 g/mol. The van der Waals surface area contributed by atoms with Gasteiger partial charge in [-0.2, -0.15) is 0 Å². The minimum absolute atomic E-state index is 0.0482. The van der Waals surface area contributed by atoms with Crippen LogP contribution in [0.15, 0.2) is 30.3 Å². The van der Waals surface area contributed by atoms with Crippen molar-refractivity contribution in [2.75, 3.05) is 13.2 Å². The van der Waals surface area contributed by atoms with Gasteiger partial charge in [0, 0.05) is 18.6 Å². The minimum Gasteiger partial charge on any atom is -0.396 e. The smallest absolute Gasteiger partial charge is 0.227 e. The molecule has 1 rings (SSSR count). The lowest BCUT2D eigenvalue weighted by Gasteiger charge is -2.26. The molecule has 0 heterocycles. The zero-order valence-electron chi connectivity index (χ0n) is 13.0. The van der Waals surface area contributed by atoms with Crippen LogP contribution in [0.2, 0.25) is 0 Å². The summed E-state index contributed by atoms with van der Waals surface area (Å²) in [6, 6.07) is 9.91. The number of nitrogens with one attached hydrogen (secondary N) is 1. The highest BCUT2D eigenvalue weighted by Gasteiger charge is 2.27. The van der Waals surface area contributed by atoms with Crippen LogP contribution >= 0.6 is 0 Å². The van der Waals surface area contributed by atoms with Crippen molar-refractivity contribution in [3.05, 3.63) is 35.9 Å². The Bertz CT molecular complexity index is 414. The van der Waals surface area contributed by atoms with Gasteiger partial charge < -0.3 is 10.4 Å². The van der Waals surface area contributed by atoms with Gasteiger partial charge in [0.25, 0.3) is 0 Å². The van der Waals surface area contributed by atoms with E-state index in [1.807, 2.05) is 44.2 Å². The van der Waals surface area contributed by atoms with Crippen LogP contribution in [0.4, 0.5) is 0 Å². The Labute approximate surface area is 122 Å². The molecular weight excluding hydrogens is 250 g/mol. The average molecular weight is 277 g/mol. The number of aliphatic hydroxyl groups excluding tert-OH is 1. The quantitative estimate of drug-likeness (QED) is 0.805. The number of hydrogen-bond acceptors (Lipinski definition) is 2. The fourth-order valence-corrected chi connectivity index (χ4v) is 2.13. The summed E-state index contributed by atoms with van der Waals surface area (Å²) >= 11 is 0. The standard InChI is InChI=1S/C17H27NO2/c1-5-13(2)15(14-9-7-6-8-10-14)16(20)18-11-17(3,4)12-19/h6-10,13,15,19H,5,11-12H2,1-4H3,(H,18,20). The highest BCUT2D eigenvalue weighted by molar-refractivity contribution is 5.84. The lowest BCUT2D eigenvalue weighted by Crippen LogP contribution is -2.40. The van der Waals surface area contributed by atoms with E-state index in [1.54, 1.807) is 0 Å². The molecule has 0 fully saturated rings. The predicted octanol–water partition coefficient (Wildman–Crippen LogP) is 2.95. The molecule has 0 aromatic heterocycles. The summed E-state index contributed by atoms with van der Waals surface area (Å²) in [6.07, 6.45) is 0.955. The van der Waals surface area contributed by atoms with Gasteiger partial charge in [0.2, 0.25) is 5.91 Å². The summed E-state index contributed by atoms with van der Waals surface area (Å²) in [7, 11) is 0. The predicted molar refractivity (Wildman–Crippen MR) is 82.5 cm³/mol. The summed E-state index contributed by atoms with van der Waals surface area (Å²) in [5.41, 5.74) is 0.771. The fraction of sp³-hybridized carbons (Fsp3) is 0.588. The van der Waals surface area contributed by atoms with Crippen LogP contribution in [0.3, 0.4) is 0 Å². The molecule has 3 nitrogen and oxygen atoms in total. The van der Waals surface area contributed by atoms with E-state index < -0.39 is 0 Å². The van der Waals surface area contributed by atoms with Crippen molar-refractivity contribution < 1.29 is 9.90 Å². The van der Waals surface area contributed by atoms with Gasteiger partial charge in [-0.1, -0.05) is 64.4 Å². The van der Waals surface area contributed by atoms with Crippen molar-refractivity contribution in [1.82, 2.24) is 5.32 Å². The molecule has 1 aromatic rings. The molecule has 0 aliphatic heterocycles. The Balaban J connectivity index is 2.82. The molecule has 2 atom stereocenters. The van der Waals surface area contributed by atoms with Crippen molar-refractivity contribution in [2.24, 2.45) is 11.3 Å². The summed E-state index contributed by atoms with van der Waals surface area (Å²) < 4.78 is 0. The van der Waals surface area contributed by atoms with Gasteiger partial charge in [-0.25, -0.2) is 0 Å². The van der Waals surface area contributed by atoms with Crippen molar-refractivity contribution in [1.29, 1.82) is 0 Å². The molecular formula is C17H27NO2. The van der Waals surface area contributed by atoms with Gasteiger partial charge in [-0.15, -0.1) is 0 Å². The topological polar surface area (TPSA) is 49.3 Å². The first-order valence-electron chi connectivity index (χ1n) is 7.35. The third kappa shape index (κ3) is 4.64. The van der Waals surface area contributed by atoms with Crippen LogP contribution < -0.4 is 5.32 Å². The van der Waals surface area contributed by atoms with E-state index in [0.717, 1.165) is 12.0 Å². The maximum Gasteiger partial charge on any atom is 0.227 e. The van der Waals surface area contributed by atoms with E-state index in [0.29, 0.717) is 6.54 Å². The lowest BCUT2D eigenvalue weighted by atomic mass is 9.84. The van der Waals surface area contributed by atoms with Crippen LogP contribution in [0.25, 0.3) is 0 Å². The Morgan fingerprint density at radius 3 is 2.40 bits per heavy atom. The van der Waals surface area contributed by atoms with E-state index in [-0.39, 0.29) is 29.8 Å². The molecule has 0 saturated carbocycles. The van der Waals surface area contributed by atoms with E-state index in [2.05, 4.69) is 19.2 Å². The number of hydrogen-bond donors (Lipinski definition) is 2. The highest BCUT2D eigenvalue weighted by Crippen LogP contribution is 2.27. The van der Waals surface area contributed by atoms with Gasteiger partial charge in [0.05, 0.1) is 5.92 Å². The molecule has 2 unspecified atom stereocenters. The average Bonchev–Trinajstić information content (AvgIpc) is 2.46. The van der Waals surface area contributed by atoms with E-state index in [9.17, 15) is 9.90 Å². The van der Waals surface area contributed by atoms with Crippen LogP contribution in [-0.2, 0) is 4.79 Å². The first-order valence-corrected chi connectivity index (χ1v) is 7.35. The molecule has 1 aromatic carbocycles. The Hall–Kier alpha value is -1.35. The number of aliphatic hydroxyl groups is 1. The number of amides is 1. The van der Waals surface area contributed by atoms with Crippen molar-refractivity contribution >= 4 is 5.91 Å². The second-order valence-electron chi connectivity index (χ2n) is 6.31. The summed E-state index contributed by atoms with van der Waals surface area (Å²) in [5.74, 6) is 0.206. The van der Waals surface area contributed by atoms with Gasteiger partial charge in [-0.05, 0) is 11.5 Å². The van der Waals surface area contributed by atoms with Gasteiger partial charge in [0.15, 0.2) is 0 Å². The Morgan fingerprint density at radius 1 is 1.30 bits per heavy atom. The van der Waals surface area contributed by atoms with Crippen LogP contribution in [-0.4, -0.2) is 24.2 Å². The zero-order valence-corrected chi connectivity index (χ0v) is 13.0. The summed E-state index contributed by atoms with van der Waals surface area (Å²) in [6.45, 7) is 8.64. The maximum atomic E-state index is 12.5. The SMILES string of the molecule is CCC(C)C(C(=O)NCC(C)(C)CO)c1ccccc1. The van der Waals surface area contributed by atoms with Crippen LogP contribution in [0, 0.1) is 11.3 Å². The van der Waals surface area contributed by atoms with Crippen molar-refractivity contribution in [3.8, 4) is 0 Å². The van der Waals surface area contributed by atoms with Gasteiger partial charge in [0.1, 0.15) is 0 Å². The molecule has 1 amide bonds. The minimum atomic E-state index is -0.285. The van der Waals surface area contributed by atoms with E-state index >= 15 is 0 Å².